The third-order valence-corrected chi connectivity index (χ3v) is 3.06. The number of hydrogen-bond donors (Lipinski definition) is 1. The van der Waals surface area contributed by atoms with Crippen LogP contribution in [0.1, 0.15) is 45.1 Å². The van der Waals surface area contributed by atoms with Crippen LogP contribution in [0.4, 0.5) is 5.69 Å². The second-order valence-electron chi connectivity index (χ2n) is 4.61. The summed E-state index contributed by atoms with van der Waals surface area (Å²) in [6, 6.07) is 7.95. The first-order valence-corrected chi connectivity index (χ1v) is 6.54. The third kappa shape index (κ3) is 4.59. The zero-order chi connectivity index (χ0) is 12.7. The van der Waals surface area contributed by atoms with E-state index in [-0.39, 0.29) is 11.8 Å². The van der Waals surface area contributed by atoms with E-state index in [0.717, 1.165) is 31.4 Å². The van der Waals surface area contributed by atoms with Gasteiger partial charge in [0.05, 0.1) is 0 Å². The van der Waals surface area contributed by atoms with Crippen molar-refractivity contribution in [1.82, 2.24) is 0 Å². The molecule has 0 radical (unpaired) electrons. The minimum atomic E-state index is 0.149. The molecule has 0 fully saturated rings. The average molecular weight is 233 g/mol. The van der Waals surface area contributed by atoms with Crippen LogP contribution in [-0.4, -0.2) is 5.91 Å². The Morgan fingerprint density at radius 1 is 1.35 bits per heavy atom. The number of unbranched alkanes of at least 4 members (excludes halogenated alkanes) is 1. The van der Waals surface area contributed by atoms with E-state index in [4.69, 9.17) is 0 Å². The van der Waals surface area contributed by atoms with Gasteiger partial charge in [-0.3, -0.25) is 4.79 Å². The normalized spacial score (nSPS) is 12.2. The molecule has 1 unspecified atom stereocenters. The van der Waals surface area contributed by atoms with E-state index in [1.54, 1.807) is 0 Å². The van der Waals surface area contributed by atoms with Crippen molar-refractivity contribution in [1.29, 1.82) is 0 Å². The molecule has 1 atom stereocenters. The highest BCUT2D eigenvalue weighted by Crippen LogP contribution is 2.16. The zero-order valence-corrected chi connectivity index (χ0v) is 11.1. The molecule has 94 valence electrons. The molecule has 2 heteroatoms. The predicted molar refractivity (Wildman–Crippen MR) is 73.1 cm³/mol. The highest BCUT2D eigenvalue weighted by Gasteiger charge is 2.15. The van der Waals surface area contributed by atoms with Crippen LogP contribution in [0.5, 0.6) is 0 Å². The molecule has 0 aliphatic rings. The Morgan fingerprint density at radius 3 is 2.71 bits per heavy atom. The van der Waals surface area contributed by atoms with Gasteiger partial charge < -0.3 is 5.32 Å². The van der Waals surface area contributed by atoms with Crippen LogP contribution in [0.15, 0.2) is 24.3 Å². The SMILES string of the molecule is CCCCC(CC)C(=O)Nc1cccc(C)c1. The second-order valence-corrected chi connectivity index (χ2v) is 4.61. The van der Waals surface area contributed by atoms with Gasteiger partial charge in [-0.15, -0.1) is 0 Å². The first kappa shape index (κ1) is 13.8. The minimum absolute atomic E-state index is 0.149. The zero-order valence-electron chi connectivity index (χ0n) is 11.1. The number of carbonyl (C=O) groups excluding carboxylic acids is 1. The van der Waals surface area contributed by atoms with Crippen molar-refractivity contribution in [2.45, 2.75) is 46.5 Å². The molecule has 0 heterocycles. The summed E-state index contributed by atoms with van der Waals surface area (Å²) in [6.07, 6.45) is 4.18. The Kier molecular flexibility index (Phi) is 5.75. The molecule has 1 N–H and O–H groups in total. The van der Waals surface area contributed by atoms with Gasteiger partial charge in [-0.1, -0.05) is 38.8 Å². The van der Waals surface area contributed by atoms with E-state index in [0.29, 0.717) is 0 Å². The highest BCUT2D eigenvalue weighted by molar-refractivity contribution is 5.92. The number of hydrogen-bond acceptors (Lipinski definition) is 1. The maximum Gasteiger partial charge on any atom is 0.227 e. The number of nitrogens with one attached hydrogen (secondary N) is 1. The number of anilines is 1. The van der Waals surface area contributed by atoms with E-state index < -0.39 is 0 Å². The number of benzene rings is 1. The summed E-state index contributed by atoms with van der Waals surface area (Å²) >= 11 is 0. The molecule has 1 amide bonds. The molecule has 17 heavy (non-hydrogen) atoms. The lowest BCUT2D eigenvalue weighted by Crippen LogP contribution is -2.22. The van der Waals surface area contributed by atoms with Crippen LogP contribution in [0.2, 0.25) is 0 Å². The summed E-state index contributed by atoms with van der Waals surface area (Å²) in [5.41, 5.74) is 2.08. The molecule has 0 aromatic heterocycles. The second kappa shape index (κ2) is 7.10. The molecule has 1 rings (SSSR count). The monoisotopic (exact) mass is 233 g/mol. The Morgan fingerprint density at radius 2 is 2.12 bits per heavy atom. The minimum Gasteiger partial charge on any atom is -0.326 e. The lowest BCUT2D eigenvalue weighted by molar-refractivity contribution is -0.120. The lowest BCUT2D eigenvalue weighted by Gasteiger charge is -2.14. The summed E-state index contributed by atoms with van der Waals surface area (Å²) in [6.45, 7) is 6.27. The number of rotatable bonds is 6. The lowest BCUT2D eigenvalue weighted by atomic mass is 9.98. The molecule has 0 bridgehead atoms. The number of amides is 1. The molecule has 0 aliphatic carbocycles. The van der Waals surface area contributed by atoms with Gasteiger partial charge in [-0.25, -0.2) is 0 Å². The topological polar surface area (TPSA) is 29.1 Å². The average Bonchev–Trinajstić information content (AvgIpc) is 2.30. The van der Waals surface area contributed by atoms with E-state index in [1.807, 2.05) is 31.2 Å². The largest absolute Gasteiger partial charge is 0.326 e. The first-order chi connectivity index (χ1) is 8.17. The van der Waals surface area contributed by atoms with Gasteiger partial charge in [0, 0.05) is 11.6 Å². The maximum atomic E-state index is 12.0. The molecular formula is C15H23NO. The van der Waals surface area contributed by atoms with E-state index in [1.165, 1.54) is 5.56 Å². The summed E-state index contributed by atoms with van der Waals surface area (Å²) in [7, 11) is 0. The van der Waals surface area contributed by atoms with Gasteiger partial charge in [-0.05, 0) is 37.5 Å². The van der Waals surface area contributed by atoms with Crippen molar-refractivity contribution < 1.29 is 4.79 Å². The Balaban J connectivity index is 2.57. The molecule has 1 aromatic rings. The fourth-order valence-electron chi connectivity index (χ4n) is 1.94. The van der Waals surface area contributed by atoms with E-state index >= 15 is 0 Å². The number of carbonyl (C=O) groups is 1. The molecule has 0 saturated carbocycles. The van der Waals surface area contributed by atoms with Crippen molar-refractivity contribution in [2.24, 2.45) is 5.92 Å². The van der Waals surface area contributed by atoms with Gasteiger partial charge in [0.25, 0.3) is 0 Å². The van der Waals surface area contributed by atoms with Crippen LogP contribution in [0.3, 0.4) is 0 Å². The smallest absolute Gasteiger partial charge is 0.227 e. The quantitative estimate of drug-likeness (QED) is 0.785. The molecule has 0 aliphatic heterocycles. The summed E-state index contributed by atoms with van der Waals surface area (Å²) in [5.74, 6) is 0.307. The van der Waals surface area contributed by atoms with Crippen molar-refractivity contribution in [2.75, 3.05) is 5.32 Å². The highest BCUT2D eigenvalue weighted by atomic mass is 16.1. The van der Waals surface area contributed by atoms with Crippen molar-refractivity contribution in [3.05, 3.63) is 29.8 Å². The van der Waals surface area contributed by atoms with Gasteiger partial charge >= 0.3 is 0 Å². The van der Waals surface area contributed by atoms with Gasteiger partial charge in [0.15, 0.2) is 0 Å². The molecular weight excluding hydrogens is 210 g/mol. The Labute approximate surface area is 104 Å². The number of aryl methyl sites for hydroxylation is 1. The van der Waals surface area contributed by atoms with Gasteiger partial charge in [0.1, 0.15) is 0 Å². The standard InChI is InChI=1S/C15H23NO/c1-4-6-9-13(5-2)15(17)16-14-10-7-8-12(3)11-14/h7-8,10-11,13H,4-6,9H2,1-3H3,(H,16,17). The van der Waals surface area contributed by atoms with Crippen LogP contribution < -0.4 is 5.32 Å². The van der Waals surface area contributed by atoms with Gasteiger partial charge in [-0.2, -0.15) is 0 Å². The van der Waals surface area contributed by atoms with Crippen LogP contribution in [0, 0.1) is 12.8 Å². The fourth-order valence-corrected chi connectivity index (χ4v) is 1.94. The molecule has 1 aromatic carbocycles. The maximum absolute atomic E-state index is 12.0. The van der Waals surface area contributed by atoms with Crippen molar-refractivity contribution >= 4 is 11.6 Å². The van der Waals surface area contributed by atoms with Crippen LogP contribution in [-0.2, 0) is 4.79 Å². The van der Waals surface area contributed by atoms with Gasteiger partial charge in [0.2, 0.25) is 5.91 Å². The third-order valence-electron chi connectivity index (χ3n) is 3.06. The molecule has 0 saturated heterocycles. The molecule has 0 spiro atoms. The summed E-state index contributed by atoms with van der Waals surface area (Å²) in [5, 5.41) is 3.00. The predicted octanol–water partition coefficient (Wildman–Crippen LogP) is 4.15. The van der Waals surface area contributed by atoms with Crippen molar-refractivity contribution in [3.8, 4) is 0 Å². The van der Waals surface area contributed by atoms with E-state index in [9.17, 15) is 4.79 Å². The Bertz CT molecular complexity index is 360. The van der Waals surface area contributed by atoms with Crippen LogP contribution >= 0.6 is 0 Å². The van der Waals surface area contributed by atoms with E-state index in [2.05, 4.69) is 19.2 Å². The summed E-state index contributed by atoms with van der Waals surface area (Å²) in [4.78, 5) is 12.0. The summed E-state index contributed by atoms with van der Waals surface area (Å²) < 4.78 is 0. The molecule has 2 nitrogen and oxygen atoms in total. The first-order valence-electron chi connectivity index (χ1n) is 6.54. The van der Waals surface area contributed by atoms with Crippen LogP contribution in [0.25, 0.3) is 0 Å². The Hall–Kier alpha value is -1.31. The fraction of sp³-hybridized carbons (Fsp3) is 0.533. The van der Waals surface area contributed by atoms with Crippen molar-refractivity contribution in [3.63, 3.8) is 0 Å².